The van der Waals surface area contributed by atoms with E-state index in [-0.39, 0.29) is 39.6 Å². The van der Waals surface area contributed by atoms with Crippen molar-refractivity contribution in [3.8, 4) is 11.3 Å². The lowest BCUT2D eigenvalue weighted by Gasteiger charge is -2.30. The van der Waals surface area contributed by atoms with Gasteiger partial charge in [0.15, 0.2) is 0 Å². The summed E-state index contributed by atoms with van der Waals surface area (Å²) in [4.78, 5) is 11.4. The Morgan fingerprint density at radius 3 is 2.59 bits per heavy atom. The lowest BCUT2D eigenvalue weighted by atomic mass is 10.00. The van der Waals surface area contributed by atoms with Crippen LogP contribution in [0.4, 0.5) is 10.1 Å². The molecule has 4 rings (SSSR count). The van der Waals surface area contributed by atoms with E-state index < -0.39 is 21.8 Å². The normalized spacial score (nSPS) is 13.2. The molecule has 0 fully saturated rings. The molecule has 0 bridgehead atoms. The van der Waals surface area contributed by atoms with Gasteiger partial charge in [0, 0.05) is 16.1 Å². The Hall–Kier alpha value is -2.91. The van der Waals surface area contributed by atoms with Crippen LogP contribution in [0.25, 0.3) is 11.3 Å². The van der Waals surface area contributed by atoms with Crippen molar-refractivity contribution in [1.82, 2.24) is 10.2 Å². The number of sulfonamides is 1. The molecule has 0 radical (unpaired) electrons. The second-order valence-corrected chi connectivity index (χ2v) is 8.16. The minimum atomic E-state index is -4.05. The van der Waals surface area contributed by atoms with Crippen LogP contribution in [0.3, 0.4) is 0 Å². The van der Waals surface area contributed by atoms with Crippen molar-refractivity contribution in [2.45, 2.75) is 11.4 Å². The van der Waals surface area contributed by atoms with Gasteiger partial charge in [-0.3, -0.25) is 9.40 Å². The van der Waals surface area contributed by atoms with Gasteiger partial charge in [-0.25, -0.2) is 17.6 Å². The summed E-state index contributed by atoms with van der Waals surface area (Å²) in [6.07, 6.45) is 0. The van der Waals surface area contributed by atoms with Crippen LogP contribution in [0.5, 0.6) is 0 Å². The molecule has 1 aliphatic heterocycles. The number of carboxylic acid groups (broad SMARTS) is 1. The molecule has 0 atom stereocenters. The third kappa shape index (κ3) is 2.75. The van der Waals surface area contributed by atoms with E-state index in [0.717, 1.165) is 16.4 Å². The van der Waals surface area contributed by atoms with E-state index in [9.17, 15) is 22.7 Å². The Balaban J connectivity index is 1.94. The molecule has 27 heavy (non-hydrogen) atoms. The Morgan fingerprint density at radius 2 is 1.93 bits per heavy atom. The van der Waals surface area contributed by atoms with Gasteiger partial charge in [0.05, 0.1) is 17.1 Å². The highest BCUT2D eigenvalue weighted by molar-refractivity contribution is 7.92. The van der Waals surface area contributed by atoms with Gasteiger partial charge >= 0.3 is 5.97 Å². The number of halogens is 2. The first-order chi connectivity index (χ1) is 12.8. The highest BCUT2D eigenvalue weighted by atomic mass is 35.5. The highest BCUT2D eigenvalue weighted by Crippen LogP contribution is 2.42. The smallest absolute Gasteiger partial charge is 0.354 e. The summed E-state index contributed by atoms with van der Waals surface area (Å²) in [5, 5.41) is 16.1. The summed E-state index contributed by atoms with van der Waals surface area (Å²) in [6.45, 7) is -0.253. The Kier molecular flexibility index (Phi) is 3.93. The standard InChI is InChI=1S/C17H11ClFN3O4S/c18-9-1-4-11(5-2-9)27(25,26)22-8-13-15(20-21-16(13)17(23)24)12-7-10(19)3-6-14(12)22/h1-7H,8H2,(H,20,21)(H,23,24). The number of benzene rings is 2. The summed E-state index contributed by atoms with van der Waals surface area (Å²) in [7, 11) is -4.05. The molecule has 138 valence electrons. The quantitative estimate of drug-likeness (QED) is 0.693. The fourth-order valence-electron chi connectivity index (χ4n) is 3.01. The molecule has 0 spiro atoms. The zero-order valence-electron chi connectivity index (χ0n) is 13.5. The second-order valence-electron chi connectivity index (χ2n) is 5.86. The average Bonchev–Trinajstić information content (AvgIpc) is 3.06. The number of nitrogens with one attached hydrogen (secondary N) is 1. The summed E-state index contributed by atoms with van der Waals surface area (Å²) < 4.78 is 41.2. The van der Waals surface area contributed by atoms with Crippen molar-refractivity contribution in [2.24, 2.45) is 0 Å². The van der Waals surface area contributed by atoms with E-state index in [0.29, 0.717) is 5.02 Å². The van der Waals surface area contributed by atoms with E-state index in [1.54, 1.807) is 0 Å². The zero-order chi connectivity index (χ0) is 19.3. The molecule has 2 N–H and O–H groups in total. The van der Waals surface area contributed by atoms with Crippen LogP contribution in [-0.2, 0) is 16.6 Å². The van der Waals surface area contributed by atoms with Crippen LogP contribution >= 0.6 is 11.6 Å². The fraction of sp³-hybridized carbons (Fsp3) is 0.0588. The van der Waals surface area contributed by atoms with Crippen molar-refractivity contribution >= 4 is 33.3 Å². The number of fused-ring (bicyclic) bond motifs is 3. The van der Waals surface area contributed by atoms with Gasteiger partial charge in [0.1, 0.15) is 17.2 Å². The van der Waals surface area contributed by atoms with E-state index in [4.69, 9.17) is 11.6 Å². The molecule has 0 unspecified atom stereocenters. The topological polar surface area (TPSA) is 103 Å². The number of anilines is 1. The largest absolute Gasteiger partial charge is 0.477 e. The first-order valence-corrected chi connectivity index (χ1v) is 9.49. The van der Waals surface area contributed by atoms with Crippen molar-refractivity contribution in [3.63, 3.8) is 0 Å². The van der Waals surface area contributed by atoms with Crippen molar-refractivity contribution < 1.29 is 22.7 Å². The number of aromatic amines is 1. The molecule has 2 heterocycles. The lowest BCUT2D eigenvalue weighted by molar-refractivity contribution is 0.0689. The SMILES string of the molecule is O=C(O)c1[nH]nc2c1CN(S(=O)(=O)c1ccc(Cl)cc1)c1ccc(F)cc1-2. The van der Waals surface area contributed by atoms with Crippen LogP contribution in [0.2, 0.25) is 5.02 Å². The summed E-state index contributed by atoms with van der Waals surface area (Å²) in [5.41, 5.74) is 0.540. The number of hydrogen-bond donors (Lipinski definition) is 2. The van der Waals surface area contributed by atoms with Crippen molar-refractivity contribution in [2.75, 3.05) is 4.31 Å². The van der Waals surface area contributed by atoms with Gasteiger partial charge in [-0.2, -0.15) is 5.10 Å². The number of hydrogen-bond acceptors (Lipinski definition) is 4. The van der Waals surface area contributed by atoms with Gasteiger partial charge in [0.2, 0.25) is 0 Å². The third-order valence-electron chi connectivity index (χ3n) is 4.27. The summed E-state index contributed by atoms with van der Waals surface area (Å²) in [5.74, 6) is -1.88. The monoisotopic (exact) mass is 407 g/mol. The van der Waals surface area contributed by atoms with Gasteiger partial charge in [-0.05, 0) is 42.5 Å². The van der Waals surface area contributed by atoms with Crippen LogP contribution in [0.15, 0.2) is 47.4 Å². The molecule has 0 aliphatic carbocycles. The van der Waals surface area contributed by atoms with E-state index in [2.05, 4.69) is 10.2 Å². The summed E-state index contributed by atoms with van der Waals surface area (Å²) >= 11 is 5.83. The highest BCUT2D eigenvalue weighted by Gasteiger charge is 2.36. The van der Waals surface area contributed by atoms with E-state index >= 15 is 0 Å². The predicted molar refractivity (Wildman–Crippen MR) is 95.8 cm³/mol. The maximum absolute atomic E-state index is 13.8. The maximum Gasteiger partial charge on any atom is 0.354 e. The molecule has 2 aromatic carbocycles. The molecule has 3 aromatic rings. The molecule has 0 saturated heterocycles. The molecule has 7 nitrogen and oxygen atoms in total. The fourth-order valence-corrected chi connectivity index (χ4v) is 4.59. The number of aromatic carboxylic acids is 1. The van der Waals surface area contributed by atoms with Gasteiger partial charge in [0.25, 0.3) is 10.0 Å². The van der Waals surface area contributed by atoms with Gasteiger partial charge < -0.3 is 5.11 Å². The molecule has 1 aliphatic rings. The van der Waals surface area contributed by atoms with E-state index in [1.807, 2.05) is 0 Å². The van der Waals surface area contributed by atoms with Crippen LogP contribution < -0.4 is 4.31 Å². The Bertz CT molecular complexity index is 1180. The minimum absolute atomic E-state index is 0.0222. The van der Waals surface area contributed by atoms with Crippen LogP contribution in [0.1, 0.15) is 16.1 Å². The first kappa shape index (κ1) is 17.5. The van der Waals surface area contributed by atoms with Gasteiger partial charge in [-0.1, -0.05) is 11.6 Å². The molecule has 1 aromatic heterocycles. The number of carbonyl (C=O) groups is 1. The number of H-pyrrole nitrogens is 1. The number of rotatable bonds is 3. The predicted octanol–water partition coefficient (Wildman–Crippen LogP) is 3.28. The lowest BCUT2D eigenvalue weighted by Crippen LogP contribution is -2.33. The van der Waals surface area contributed by atoms with Crippen LogP contribution in [-0.4, -0.2) is 29.7 Å². The first-order valence-electron chi connectivity index (χ1n) is 7.68. The Labute approximate surface area is 158 Å². The third-order valence-corrected chi connectivity index (χ3v) is 6.29. The number of nitrogens with zero attached hydrogens (tertiary/aromatic N) is 2. The summed E-state index contributed by atoms with van der Waals surface area (Å²) in [6, 6.07) is 9.18. The van der Waals surface area contributed by atoms with Crippen LogP contribution in [0, 0.1) is 5.82 Å². The number of aromatic nitrogens is 2. The zero-order valence-corrected chi connectivity index (χ0v) is 15.1. The Morgan fingerprint density at radius 1 is 1.22 bits per heavy atom. The van der Waals surface area contributed by atoms with E-state index in [1.165, 1.54) is 30.3 Å². The molecule has 0 amide bonds. The molecule has 10 heteroatoms. The minimum Gasteiger partial charge on any atom is -0.477 e. The van der Waals surface area contributed by atoms with Gasteiger partial charge in [-0.15, -0.1) is 0 Å². The average molecular weight is 408 g/mol. The molecular formula is C17H11ClFN3O4S. The molecule has 0 saturated carbocycles. The maximum atomic E-state index is 13.8. The van der Waals surface area contributed by atoms with Crippen molar-refractivity contribution in [3.05, 3.63) is 64.6 Å². The number of carboxylic acids is 1. The second kappa shape index (κ2) is 6.07. The van der Waals surface area contributed by atoms with Crippen molar-refractivity contribution in [1.29, 1.82) is 0 Å². The molecular weight excluding hydrogens is 397 g/mol.